The van der Waals surface area contributed by atoms with Crippen LogP contribution >= 0.6 is 11.8 Å². The highest BCUT2D eigenvalue weighted by Crippen LogP contribution is 2.27. The van der Waals surface area contributed by atoms with Gasteiger partial charge in [0.05, 0.1) is 7.11 Å². The highest BCUT2D eigenvalue weighted by Gasteiger charge is 2.19. The normalized spacial score (nSPS) is 22.5. The van der Waals surface area contributed by atoms with Crippen molar-refractivity contribution in [3.05, 3.63) is 24.3 Å². The minimum atomic E-state index is 0.666. The smallest absolute Gasteiger partial charge is 0.161 e. The molecule has 2 rings (SSSR count). The van der Waals surface area contributed by atoms with E-state index in [-0.39, 0.29) is 0 Å². The molecule has 1 fully saturated rings. The van der Waals surface area contributed by atoms with Gasteiger partial charge in [-0.2, -0.15) is 11.8 Å². The lowest BCUT2D eigenvalue weighted by atomic mass is 9.95. The molecule has 0 unspecified atom stereocenters. The third kappa shape index (κ3) is 4.60. The Morgan fingerprint density at radius 2 is 1.85 bits per heavy atom. The lowest BCUT2D eigenvalue weighted by Gasteiger charge is -2.28. The Morgan fingerprint density at radius 1 is 1.15 bits per heavy atom. The molecule has 3 nitrogen and oxygen atoms in total. The number of ether oxygens (including phenoxy) is 2. The number of nitrogens with one attached hydrogen (secondary N) is 1. The fourth-order valence-electron chi connectivity index (χ4n) is 2.66. The maximum atomic E-state index is 5.77. The van der Waals surface area contributed by atoms with E-state index in [1.54, 1.807) is 7.11 Å². The van der Waals surface area contributed by atoms with Crippen LogP contribution < -0.4 is 14.8 Å². The maximum absolute atomic E-state index is 5.77. The van der Waals surface area contributed by atoms with E-state index in [0.717, 1.165) is 23.3 Å². The largest absolute Gasteiger partial charge is 0.493 e. The Bertz CT molecular complexity index is 392. The first kappa shape index (κ1) is 15.5. The molecule has 1 aliphatic carbocycles. The summed E-state index contributed by atoms with van der Waals surface area (Å²) in [5.41, 5.74) is 0. The van der Waals surface area contributed by atoms with Gasteiger partial charge in [-0.3, -0.25) is 0 Å². The molecule has 0 aromatic heterocycles. The van der Waals surface area contributed by atoms with Gasteiger partial charge in [-0.05, 0) is 44.1 Å². The number of methoxy groups -OCH3 is 1. The minimum absolute atomic E-state index is 0.666. The molecular formula is C16H25NO2S. The predicted octanol–water partition coefficient (Wildman–Crippen LogP) is 3.34. The standard InChI is InChI=1S/C16H25NO2S/c1-18-15-5-3-4-6-16(15)19-12-11-17-13-7-9-14(20-2)10-8-13/h3-6,13-14,17H,7-12H2,1-2H3. The van der Waals surface area contributed by atoms with Crippen molar-refractivity contribution in [1.29, 1.82) is 0 Å². The van der Waals surface area contributed by atoms with Crippen LogP contribution in [0.4, 0.5) is 0 Å². The molecule has 20 heavy (non-hydrogen) atoms. The summed E-state index contributed by atoms with van der Waals surface area (Å²) >= 11 is 2.01. The first-order valence-electron chi connectivity index (χ1n) is 7.35. The SMILES string of the molecule is COc1ccccc1OCCNC1CCC(SC)CC1. The highest BCUT2D eigenvalue weighted by atomic mass is 32.2. The Kier molecular flexibility index (Phi) is 6.54. The Balaban J connectivity index is 1.64. The van der Waals surface area contributed by atoms with Crippen molar-refractivity contribution in [2.45, 2.75) is 37.0 Å². The lowest BCUT2D eigenvalue weighted by molar-refractivity contribution is 0.276. The molecule has 1 saturated carbocycles. The second kappa shape index (κ2) is 8.42. The summed E-state index contributed by atoms with van der Waals surface area (Å²) in [5.74, 6) is 1.62. The topological polar surface area (TPSA) is 30.5 Å². The number of rotatable bonds is 7. The predicted molar refractivity (Wildman–Crippen MR) is 86.1 cm³/mol. The van der Waals surface area contributed by atoms with Crippen LogP contribution in [0.3, 0.4) is 0 Å². The number of benzene rings is 1. The summed E-state index contributed by atoms with van der Waals surface area (Å²) in [5, 5.41) is 4.47. The van der Waals surface area contributed by atoms with Crippen LogP contribution in [0.15, 0.2) is 24.3 Å². The van der Waals surface area contributed by atoms with Crippen molar-refractivity contribution >= 4 is 11.8 Å². The molecule has 0 atom stereocenters. The van der Waals surface area contributed by atoms with E-state index in [9.17, 15) is 0 Å². The van der Waals surface area contributed by atoms with Gasteiger partial charge in [-0.15, -0.1) is 0 Å². The Morgan fingerprint density at radius 3 is 2.50 bits per heavy atom. The second-order valence-electron chi connectivity index (χ2n) is 5.16. The highest BCUT2D eigenvalue weighted by molar-refractivity contribution is 7.99. The summed E-state index contributed by atoms with van der Waals surface area (Å²) in [7, 11) is 1.67. The van der Waals surface area contributed by atoms with Crippen molar-refractivity contribution < 1.29 is 9.47 Å². The van der Waals surface area contributed by atoms with Crippen LogP contribution in [-0.4, -0.2) is 37.8 Å². The van der Waals surface area contributed by atoms with Gasteiger partial charge >= 0.3 is 0 Å². The van der Waals surface area contributed by atoms with Crippen molar-refractivity contribution in [3.63, 3.8) is 0 Å². The van der Waals surface area contributed by atoms with E-state index in [1.807, 2.05) is 36.0 Å². The van der Waals surface area contributed by atoms with Crippen LogP contribution in [0.2, 0.25) is 0 Å². The second-order valence-corrected chi connectivity index (χ2v) is 6.30. The molecule has 1 aromatic rings. The minimum Gasteiger partial charge on any atom is -0.493 e. The third-order valence-corrected chi connectivity index (χ3v) is 5.01. The molecule has 0 aliphatic heterocycles. The molecule has 1 N–H and O–H groups in total. The zero-order valence-corrected chi connectivity index (χ0v) is 13.2. The third-order valence-electron chi connectivity index (χ3n) is 3.87. The van der Waals surface area contributed by atoms with Crippen LogP contribution in [-0.2, 0) is 0 Å². The molecule has 0 amide bonds. The number of hydrogen-bond acceptors (Lipinski definition) is 4. The molecule has 4 heteroatoms. The first-order valence-corrected chi connectivity index (χ1v) is 8.64. The van der Waals surface area contributed by atoms with Crippen molar-refractivity contribution in [3.8, 4) is 11.5 Å². The fourth-order valence-corrected chi connectivity index (χ4v) is 3.41. The lowest BCUT2D eigenvalue weighted by Crippen LogP contribution is -2.36. The first-order chi connectivity index (χ1) is 9.83. The monoisotopic (exact) mass is 295 g/mol. The average Bonchev–Trinajstić information content (AvgIpc) is 2.52. The molecule has 112 valence electrons. The van der Waals surface area contributed by atoms with Crippen molar-refractivity contribution in [1.82, 2.24) is 5.32 Å². The van der Waals surface area contributed by atoms with Crippen LogP contribution in [0.25, 0.3) is 0 Å². The van der Waals surface area contributed by atoms with Gasteiger partial charge < -0.3 is 14.8 Å². The van der Waals surface area contributed by atoms with E-state index in [4.69, 9.17) is 9.47 Å². The molecular weight excluding hydrogens is 270 g/mol. The van der Waals surface area contributed by atoms with Crippen molar-refractivity contribution in [2.24, 2.45) is 0 Å². The van der Waals surface area contributed by atoms with Gasteiger partial charge in [0, 0.05) is 17.8 Å². The molecule has 1 aromatic carbocycles. The fraction of sp³-hybridized carbons (Fsp3) is 0.625. The van der Waals surface area contributed by atoms with Gasteiger partial charge in [-0.25, -0.2) is 0 Å². The Labute approximate surface area is 126 Å². The van der Waals surface area contributed by atoms with E-state index < -0.39 is 0 Å². The summed E-state index contributed by atoms with van der Waals surface area (Å²) in [4.78, 5) is 0. The van der Waals surface area contributed by atoms with E-state index in [1.165, 1.54) is 25.7 Å². The van der Waals surface area contributed by atoms with Gasteiger partial charge in [0.1, 0.15) is 6.61 Å². The Hall–Kier alpha value is -0.870. The molecule has 0 saturated heterocycles. The van der Waals surface area contributed by atoms with Crippen molar-refractivity contribution in [2.75, 3.05) is 26.5 Å². The zero-order valence-electron chi connectivity index (χ0n) is 12.4. The quantitative estimate of drug-likeness (QED) is 0.782. The van der Waals surface area contributed by atoms with Gasteiger partial charge in [-0.1, -0.05) is 12.1 Å². The summed E-state index contributed by atoms with van der Waals surface area (Å²) in [6.07, 6.45) is 7.48. The van der Waals surface area contributed by atoms with Gasteiger partial charge in [0.15, 0.2) is 11.5 Å². The number of para-hydroxylation sites is 2. The maximum Gasteiger partial charge on any atom is 0.161 e. The summed E-state index contributed by atoms with van der Waals surface area (Å²) in [6, 6.07) is 8.46. The van der Waals surface area contributed by atoms with Crippen LogP contribution in [0.5, 0.6) is 11.5 Å². The van der Waals surface area contributed by atoms with E-state index in [0.29, 0.717) is 12.6 Å². The van der Waals surface area contributed by atoms with E-state index in [2.05, 4.69) is 11.6 Å². The van der Waals surface area contributed by atoms with Crippen LogP contribution in [0, 0.1) is 0 Å². The van der Waals surface area contributed by atoms with Gasteiger partial charge in [0.2, 0.25) is 0 Å². The molecule has 0 radical (unpaired) electrons. The molecule has 1 aliphatic rings. The number of thioether (sulfide) groups is 1. The summed E-state index contributed by atoms with van der Waals surface area (Å²) < 4.78 is 11.0. The molecule has 0 spiro atoms. The van der Waals surface area contributed by atoms with Gasteiger partial charge in [0.25, 0.3) is 0 Å². The molecule has 0 bridgehead atoms. The average molecular weight is 295 g/mol. The summed E-state index contributed by atoms with van der Waals surface area (Å²) in [6.45, 7) is 1.58. The zero-order chi connectivity index (χ0) is 14.2. The van der Waals surface area contributed by atoms with Crippen LogP contribution in [0.1, 0.15) is 25.7 Å². The van der Waals surface area contributed by atoms with E-state index >= 15 is 0 Å². The molecule has 0 heterocycles. The number of hydrogen-bond donors (Lipinski definition) is 1.